The van der Waals surface area contributed by atoms with Crippen LogP contribution in [0.15, 0.2) is 42.1 Å². The van der Waals surface area contributed by atoms with Crippen LogP contribution in [-0.4, -0.2) is 15.7 Å². The fraction of sp³-hybridized carbons (Fsp3) is 0.400. The van der Waals surface area contributed by atoms with Gasteiger partial charge in [0.1, 0.15) is 5.82 Å². The first kappa shape index (κ1) is 16.5. The van der Waals surface area contributed by atoms with Gasteiger partial charge in [-0.25, -0.2) is 4.68 Å². The monoisotopic (exact) mass is 323 g/mol. The summed E-state index contributed by atoms with van der Waals surface area (Å²) in [5, 5.41) is 7.63. The van der Waals surface area contributed by atoms with E-state index in [0.717, 1.165) is 29.8 Å². The largest absolute Gasteiger partial charge is 0.311 e. The van der Waals surface area contributed by atoms with E-state index in [1.807, 2.05) is 29.1 Å². The minimum atomic E-state index is 0.0704. The SMILES string of the molecule is CCC(CC)n1ncc2c1NC(=O)CC2/C(C)=C/c1ccccc1. The Morgan fingerprint density at radius 3 is 2.71 bits per heavy atom. The molecule has 24 heavy (non-hydrogen) atoms. The molecule has 0 aliphatic carbocycles. The molecule has 3 rings (SSSR count). The number of nitrogens with one attached hydrogen (secondary N) is 1. The maximum atomic E-state index is 12.3. The molecule has 1 amide bonds. The van der Waals surface area contributed by atoms with Crippen LogP contribution >= 0.6 is 0 Å². The number of allylic oxidation sites excluding steroid dienone is 1. The molecule has 1 aliphatic heterocycles. The molecule has 1 N–H and O–H groups in total. The van der Waals surface area contributed by atoms with Gasteiger partial charge in [0.05, 0.1) is 12.2 Å². The Morgan fingerprint density at radius 1 is 1.33 bits per heavy atom. The molecule has 2 heterocycles. The molecule has 4 heteroatoms. The minimum absolute atomic E-state index is 0.0704. The molecule has 0 spiro atoms. The summed E-state index contributed by atoms with van der Waals surface area (Å²) in [5.41, 5.74) is 3.49. The lowest BCUT2D eigenvalue weighted by Crippen LogP contribution is -2.25. The zero-order valence-electron chi connectivity index (χ0n) is 14.6. The molecule has 0 saturated heterocycles. The fourth-order valence-corrected chi connectivity index (χ4v) is 3.47. The highest BCUT2D eigenvalue weighted by Crippen LogP contribution is 2.39. The molecule has 4 nitrogen and oxygen atoms in total. The topological polar surface area (TPSA) is 46.9 Å². The van der Waals surface area contributed by atoms with Crippen LogP contribution in [0.4, 0.5) is 5.82 Å². The number of benzene rings is 1. The van der Waals surface area contributed by atoms with Crippen LogP contribution < -0.4 is 5.32 Å². The lowest BCUT2D eigenvalue weighted by atomic mass is 9.87. The Labute approximate surface area is 143 Å². The number of aromatic nitrogens is 2. The molecule has 0 bridgehead atoms. The molecule has 1 aromatic heterocycles. The van der Waals surface area contributed by atoms with E-state index < -0.39 is 0 Å². The van der Waals surface area contributed by atoms with Gasteiger partial charge in [0.2, 0.25) is 5.91 Å². The number of fused-ring (bicyclic) bond motifs is 1. The lowest BCUT2D eigenvalue weighted by molar-refractivity contribution is -0.116. The van der Waals surface area contributed by atoms with Crippen LogP contribution in [0.5, 0.6) is 0 Å². The van der Waals surface area contributed by atoms with Crippen molar-refractivity contribution in [1.29, 1.82) is 0 Å². The first-order valence-corrected chi connectivity index (χ1v) is 8.74. The molecule has 1 aromatic carbocycles. The van der Waals surface area contributed by atoms with E-state index in [1.165, 1.54) is 5.57 Å². The van der Waals surface area contributed by atoms with Gasteiger partial charge in [-0.3, -0.25) is 4.79 Å². The Balaban J connectivity index is 1.98. The minimum Gasteiger partial charge on any atom is -0.311 e. The van der Waals surface area contributed by atoms with E-state index in [0.29, 0.717) is 12.5 Å². The molecule has 1 unspecified atom stereocenters. The molecule has 1 aliphatic rings. The average Bonchev–Trinajstić information content (AvgIpc) is 3.00. The number of hydrogen-bond acceptors (Lipinski definition) is 2. The summed E-state index contributed by atoms with van der Waals surface area (Å²) in [6, 6.07) is 10.6. The van der Waals surface area contributed by atoms with Crippen molar-refractivity contribution in [3.63, 3.8) is 0 Å². The van der Waals surface area contributed by atoms with Gasteiger partial charge in [0.15, 0.2) is 0 Å². The zero-order valence-corrected chi connectivity index (χ0v) is 14.6. The first-order valence-electron chi connectivity index (χ1n) is 8.74. The smallest absolute Gasteiger partial charge is 0.226 e. The second-order valence-electron chi connectivity index (χ2n) is 6.47. The van der Waals surface area contributed by atoms with Crippen molar-refractivity contribution in [2.75, 3.05) is 5.32 Å². The summed E-state index contributed by atoms with van der Waals surface area (Å²) >= 11 is 0. The van der Waals surface area contributed by atoms with Crippen molar-refractivity contribution < 1.29 is 4.79 Å². The van der Waals surface area contributed by atoms with Gasteiger partial charge < -0.3 is 5.32 Å². The number of amides is 1. The van der Waals surface area contributed by atoms with E-state index in [4.69, 9.17) is 0 Å². The van der Waals surface area contributed by atoms with E-state index in [1.54, 1.807) is 0 Å². The quantitative estimate of drug-likeness (QED) is 0.861. The van der Waals surface area contributed by atoms with Crippen molar-refractivity contribution >= 4 is 17.8 Å². The third-order valence-corrected chi connectivity index (χ3v) is 4.88. The number of rotatable bonds is 5. The molecule has 126 valence electrons. The third kappa shape index (κ3) is 3.14. The van der Waals surface area contributed by atoms with Gasteiger partial charge in [-0.05, 0) is 25.3 Å². The van der Waals surface area contributed by atoms with E-state index in [2.05, 4.69) is 49.4 Å². The van der Waals surface area contributed by atoms with E-state index >= 15 is 0 Å². The average molecular weight is 323 g/mol. The van der Waals surface area contributed by atoms with Crippen LogP contribution in [-0.2, 0) is 4.79 Å². The molecule has 2 aromatic rings. The highest BCUT2D eigenvalue weighted by Gasteiger charge is 2.30. The molecule has 0 radical (unpaired) electrons. The second kappa shape index (κ2) is 7.04. The molecule has 1 atom stereocenters. The van der Waals surface area contributed by atoms with Crippen molar-refractivity contribution in [1.82, 2.24) is 9.78 Å². The Hall–Kier alpha value is -2.36. The van der Waals surface area contributed by atoms with Crippen LogP contribution in [0.3, 0.4) is 0 Å². The van der Waals surface area contributed by atoms with Crippen molar-refractivity contribution in [2.24, 2.45) is 0 Å². The Bertz CT molecular complexity index is 741. The highest BCUT2D eigenvalue weighted by molar-refractivity contribution is 5.94. The lowest BCUT2D eigenvalue weighted by Gasteiger charge is -2.26. The van der Waals surface area contributed by atoms with Gasteiger partial charge in [0, 0.05) is 17.9 Å². The van der Waals surface area contributed by atoms with Crippen molar-refractivity contribution in [3.8, 4) is 0 Å². The summed E-state index contributed by atoms with van der Waals surface area (Å²) in [6.45, 7) is 6.42. The number of nitrogens with zero attached hydrogens (tertiary/aromatic N) is 2. The Morgan fingerprint density at radius 2 is 2.04 bits per heavy atom. The maximum absolute atomic E-state index is 12.3. The van der Waals surface area contributed by atoms with Crippen LogP contribution in [0.25, 0.3) is 6.08 Å². The summed E-state index contributed by atoms with van der Waals surface area (Å²) in [4.78, 5) is 12.3. The van der Waals surface area contributed by atoms with Crippen molar-refractivity contribution in [2.45, 2.75) is 52.0 Å². The maximum Gasteiger partial charge on any atom is 0.226 e. The number of carbonyl (C=O) groups excluding carboxylic acids is 1. The number of carbonyl (C=O) groups is 1. The highest BCUT2D eigenvalue weighted by atomic mass is 16.1. The first-order chi connectivity index (χ1) is 11.6. The molecule has 0 saturated carbocycles. The van der Waals surface area contributed by atoms with Crippen molar-refractivity contribution in [3.05, 3.63) is 53.2 Å². The summed E-state index contributed by atoms with van der Waals surface area (Å²) < 4.78 is 2.00. The molecular weight excluding hydrogens is 298 g/mol. The zero-order chi connectivity index (χ0) is 17.1. The van der Waals surface area contributed by atoms with Gasteiger partial charge in [-0.2, -0.15) is 5.10 Å². The van der Waals surface area contributed by atoms with Gasteiger partial charge in [-0.15, -0.1) is 0 Å². The van der Waals surface area contributed by atoms with Crippen LogP contribution in [0.2, 0.25) is 0 Å². The van der Waals surface area contributed by atoms with E-state index in [-0.39, 0.29) is 11.8 Å². The molecule has 0 fully saturated rings. The summed E-state index contributed by atoms with van der Waals surface area (Å²) in [7, 11) is 0. The predicted molar refractivity (Wildman–Crippen MR) is 97.9 cm³/mol. The second-order valence-corrected chi connectivity index (χ2v) is 6.47. The summed E-state index contributed by atoms with van der Waals surface area (Å²) in [6.07, 6.45) is 6.59. The number of hydrogen-bond donors (Lipinski definition) is 1. The number of anilines is 1. The van der Waals surface area contributed by atoms with Gasteiger partial charge in [0.25, 0.3) is 0 Å². The third-order valence-electron chi connectivity index (χ3n) is 4.88. The predicted octanol–water partition coefficient (Wildman–Crippen LogP) is 4.77. The Kier molecular flexibility index (Phi) is 4.84. The van der Waals surface area contributed by atoms with Crippen LogP contribution in [0, 0.1) is 0 Å². The normalized spacial score (nSPS) is 17.8. The van der Waals surface area contributed by atoms with Crippen LogP contribution in [0.1, 0.15) is 63.1 Å². The van der Waals surface area contributed by atoms with Gasteiger partial charge >= 0.3 is 0 Å². The fourth-order valence-electron chi connectivity index (χ4n) is 3.47. The van der Waals surface area contributed by atoms with Gasteiger partial charge in [-0.1, -0.05) is 55.8 Å². The van der Waals surface area contributed by atoms with E-state index in [9.17, 15) is 4.79 Å². The molecular formula is C20H25N3O. The standard InChI is InChI=1S/C20H25N3O/c1-4-16(5-2)23-20-18(13-21-23)17(12-19(24)22-20)14(3)11-15-9-7-6-8-10-15/h6-11,13,16-17H,4-5,12H2,1-3H3,(H,22,24)/b14-11+. The summed E-state index contributed by atoms with van der Waals surface area (Å²) in [5.74, 6) is 1.05.